The number of benzene rings is 1. The third-order valence-corrected chi connectivity index (χ3v) is 6.54. The fourth-order valence-electron chi connectivity index (χ4n) is 4.11. The second kappa shape index (κ2) is 6.76. The summed E-state index contributed by atoms with van der Waals surface area (Å²) in [4.78, 5) is 28.0. The lowest BCUT2D eigenvalue weighted by Crippen LogP contribution is -2.37. The van der Waals surface area contributed by atoms with Crippen molar-refractivity contribution in [3.8, 4) is 0 Å². The zero-order valence-corrected chi connectivity index (χ0v) is 15.7. The lowest BCUT2D eigenvalue weighted by molar-refractivity contribution is -0.115. The highest BCUT2D eigenvalue weighted by Gasteiger charge is 2.29. The number of nitrogens with one attached hydrogen (secondary N) is 1. The van der Waals surface area contributed by atoms with Crippen molar-refractivity contribution >= 4 is 33.8 Å². The van der Waals surface area contributed by atoms with E-state index >= 15 is 0 Å². The molecule has 1 aliphatic heterocycles. The number of amides is 2. The summed E-state index contributed by atoms with van der Waals surface area (Å²) in [7, 11) is 0. The van der Waals surface area contributed by atoms with Crippen LogP contribution in [0.3, 0.4) is 0 Å². The summed E-state index contributed by atoms with van der Waals surface area (Å²) in [6.45, 7) is 2.41. The Morgan fingerprint density at radius 2 is 2.04 bits per heavy atom. The van der Waals surface area contributed by atoms with Gasteiger partial charge >= 0.3 is 0 Å². The molecule has 2 aromatic rings. The molecule has 5 nitrogen and oxygen atoms in total. The highest BCUT2D eigenvalue weighted by Crippen LogP contribution is 2.38. The molecule has 0 spiro atoms. The number of hydrogen-bond acceptors (Lipinski definition) is 4. The number of anilines is 2. The molecule has 26 heavy (non-hydrogen) atoms. The molecule has 2 heterocycles. The first-order valence-electron chi connectivity index (χ1n) is 9.13. The number of nitrogens with two attached hydrogens (primary N) is 1. The van der Waals surface area contributed by atoms with Gasteiger partial charge in [-0.2, -0.15) is 0 Å². The maximum atomic E-state index is 12.7. The zero-order chi connectivity index (χ0) is 18.3. The van der Waals surface area contributed by atoms with Crippen LogP contribution in [0.5, 0.6) is 0 Å². The van der Waals surface area contributed by atoms with E-state index in [1.165, 1.54) is 21.8 Å². The third-order valence-electron chi connectivity index (χ3n) is 5.33. The fraction of sp³-hybridized carbons (Fsp3) is 0.400. The van der Waals surface area contributed by atoms with Crippen molar-refractivity contribution in [1.82, 2.24) is 0 Å². The van der Waals surface area contributed by atoms with Gasteiger partial charge in [-0.3, -0.25) is 9.59 Å². The van der Waals surface area contributed by atoms with Gasteiger partial charge in [-0.15, -0.1) is 11.3 Å². The van der Waals surface area contributed by atoms with Crippen LogP contribution in [0.25, 0.3) is 0 Å². The predicted molar refractivity (Wildman–Crippen MR) is 105 cm³/mol. The number of primary amides is 1. The number of fused-ring (bicyclic) bond motifs is 2. The summed E-state index contributed by atoms with van der Waals surface area (Å²) < 4.78 is 0. The van der Waals surface area contributed by atoms with Crippen molar-refractivity contribution in [1.29, 1.82) is 0 Å². The number of rotatable bonds is 4. The first-order valence-corrected chi connectivity index (χ1v) is 9.95. The largest absolute Gasteiger partial charge is 0.365 e. The van der Waals surface area contributed by atoms with Gasteiger partial charge in [0, 0.05) is 16.6 Å². The Morgan fingerprint density at radius 1 is 1.27 bits per heavy atom. The molecule has 0 bridgehead atoms. The Kier molecular flexibility index (Phi) is 4.44. The lowest BCUT2D eigenvalue weighted by Gasteiger charge is -2.24. The summed E-state index contributed by atoms with van der Waals surface area (Å²) >= 11 is 1.51. The average molecular weight is 369 g/mol. The molecule has 0 fully saturated rings. The van der Waals surface area contributed by atoms with E-state index in [1.807, 2.05) is 12.1 Å². The number of nitrogens with zero attached hydrogens (tertiary/aromatic N) is 1. The molecule has 4 rings (SSSR count). The zero-order valence-electron chi connectivity index (χ0n) is 14.9. The molecule has 1 aliphatic carbocycles. The monoisotopic (exact) mass is 369 g/mol. The molecule has 2 aliphatic rings. The molecule has 0 saturated heterocycles. The van der Waals surface area contributed by atoms with Crippen LogP contribution in [0.2, 0.25) is 0 Å². The van der Waals surface area contributed by atoms with Gasteiger partial charge in [0.25, 0.3) is 5.91 Å². The van der Waals surface area contributed by atoms with Crippen molar-refractivity contribution in [3.05, 3.63) is 45.8 Å². The van der Waals surface area contributed by atoms with E-state index in [9.17, 15) is 9.59 Å². The molecule has 6 heteroatoms. The first kappa shape index (κ1) is 17.1. The summed E-state index contributed by atoms with van der Waals surface area (Å²) in [5.74, 6) is -0.547. The Balaban J connectivity index is 1.54. The van der Waals surface area contributed by atoms with Crippen molar-refractivity contribution in [2.45, 2.75) is 45.1 Å². The fourth-order valence-corrected chi connectivity index (χ4v) is 5.42. The molecular formula is C20H23N3O2S. The van der Waals surface area contributed by atoms with Crippen LogP contribution >= 0.6 is 11.3 Å². The van der Waals surface area contributed by atoms with Gasteiger partial charge < -0.3 is 16.0 Å². The number of carbonyl (C=O) groups is 2. The molecule has 136 valence electrons. The minimum Gasteiger partial charge on any atom is -0.365 e. The minimum atomic E-state index is -0.445. The molecule has 1 aromatic carbocycles. The maximum Gasteiger partial charge on any atom is 0.251 e. The van der Waals surface area contributed by atoms with E-state index in [1.54, 1.807) is 0 Å². The van der Waals surface area contributed by atoms with Gasteiger partial charge in [-0.25, -0.2) is 0 Å². The van der Waals surface area contributed by atoms with E-state index in [2.05, 4.69) is 29.3 Å². The Bertz CT molecular complexity index is 874. The number of hydrogen-bond donors (Lipinski definition) is 2. The SMILES string of the molecule is C[C@@H]1Cc2ccccc2N1CC(=O)Nc1sc2c(c1C(N)=O)CCCC2. The van der Waals surface area contributed by atoms with Crippen LogP contribution in [0.4, 0.5) is 10.7 Å². The number of thiophene rings is 1. The Labute approximate surface area is 157 Å². The van der Waals surface area contributed by atoms with Crippen molar-refractivity contribution < 1.29 is 9.59 Å². The van der Waals surface area contributed by atoms with Gasteiger partial charge in [-0.05, 0) is 56.2 Å². The van der Waals surface area contributed by atoms with E-state index in [-0.39, 0.29) is 18.5 Å². The molecule has 2 amide bonds. The molecule has 1 atom stereocenters. The van der Waals surface area contributed by atoms with E-state index < -0.39 is 5.91 Å². The second-order valence-corrected chi connectivity index (χ2v) is 8.24. The van der Waals surface area contributed by atoms with Crippen LogP contribution in [0, 0.1) is 0 Å². The lowest BCUT2D eigenvalue weighted by atomic mass is 9.95. The summed E-state index contributed by atoms with van der Waals surface area (Å²) in [5, 5.41) is 3.58. The summed E-state index contributed by atoms with van der Waals surface area (Å²) in [5.41, 5.74) is 9.58. The van der Waals surface area contributed by atoms with Crippen molar-refractivity contribution in [2.75, 3.05) is 16.8 Å². The van der Waals surface area contributed by atoms with Crippen molar-refractivity contribution in [2.24, 2.45) is 5.73 Å². The van der Waals surface area contributed by atoms with E-state index in [0.29, 0.717) is 10.6 Å². The molecule has 0 saturated carbocycles. The molecule has 1 aromatic heterocycles. The number of aryl methyl sites for hydroxylation is 1. The maximum absolute atomic E-state index is 12.7. The van der Waals surface area contributed by atoms with Gasteiger partial charge in [0.2, 0.25) is 5.91 Å². The molecule has 3 N–H and O–H groups in total. The van der Waals surface area contributed by atoms with E-state index in [0.717, 1.165) is 43.4 Å². The molecular weight excluding hydrogens is 346 g/mol. The predicted octanol–water partition coefficient (Wildman–Crippen LogP) is 3.12. The standard InChI is InChI=1S/C20H23N3O2S/c1-12-10-13-6-2-4-8-15(13)23(12)11-17(24)22-20-18(19(21)25)14-7-3-5-9-16(14)26-20/h2,4,6,8,12H,3,5,7,9-11H2,1H3,(H2,21,25)(H,22,24)/t12-/m1/s1. The van der Waals surface area contributed by atoms with Gasteiger partial charge in [0.15, 0.2) is 0 Å². The molecule has 0 radical (unpaired) electrons. The normalized spacial score (nSPS) is 18.3. The van der Waals surface area contributed by atoms with Crippen LogP contribution < -0.4 is 16.0 Å². The quantitative estimate of drug-likeness (QED) is 0.869. The van der Waals surface area contributed by atoms with Crippen molar-refractivity contribution in [3.63, 3.8) is 0 Å². The van der Waals surface area contributed by atoms with Crippen LogP contribution in [-0.2, 0) is 24.1 Å². The third kappa shape index (κ3) is 2.98. The Hall–Kier alpha value is -2.34. The number of para-hydroxylation sites is 1. The van der Waals surface area contributed by atoms with Gasteiger partial charge in [-0.1, -0.05) is 18.2 Å². The van der Waals surface area contributed by atoms with Crippen LogP contribution in [-0.4, -0.2) is 24.4 Å². The van der Waals surface area contributed by atoms with E-state index in [4.69, 9.17) is 5.73 Å². The summed E-state index contributed by atoms with van der Waals surface area (Å²) in [6, 6.07) is 8.49. The second-order valence-electron chi connectivity index (χ2n) is 7.14. The average Bonchev–Trinajstić information content (AvgIpc) is 3.12. The van der Waals surface area contributed by atoms with Gasteiger partial charge in [0.05, 0.1) is 12.1 Å². The summed E-state index contributed by atoms with van der Waals surface area (Å²) in [6.07, 6.45) is 4.98. The van der Waals surface area contributed by atoms with Gasteiger partial charge in [0.1, 0.15) is 5.00 Å². The molecule has 0 unspecified atom stereocenters. The minimum absolute atomic E-state index is 0.102. The first-order chi connectivity index (χ1) is 12.5. The highest BCUT2D eigenvalue weighted by atomic mass is 32.1. The number of carbonyl (C=O) groups excluding carboxylic acids is 2. The van der Waals surface area contributed by atoms with Crippen LogP contribution in [0.15, 0.2) is 24.3 Å². The smallest absolute Gasteiger partial charge is 0.251 e. The highest BCUT2D eigenvalue weighted by molar-refractivity contribution is 7.17. The topological polar surface area (TPSA) is 75.4 Å². The van der Waals surface area contributed by atoms with Crippen LogP contribution in [0.1, 0.15) is 46.1 Å². The Morgan fingerprint density at radius 3 is 2.85 bits per heavy atom.